The Morgan fingerprint density at radius 1 is 1.37 bits per heavy atom. The molecule has 3 nitrogen and oxygen atoms in total. The van der Waals surface area contributed by atoms with E-state index in [9.17, 15) is 4.79 Å². The Bertz CT molecular complexity index is 622. The molecule has 0 heterocycles. The number of hydrogen-bond acceptors (Lipinski definition) is 2. The number of carboxylic acids is 1. The van der Waals surface area contributed by atoms with Crippen molar-refractivity contribution in [2.24, 2.45) is 5.92 Å². The molecule has 1 atom stereocenters. The van der Waals surface area contributed by atoms with E-state index in [-0.39, 0.29) is 0 Å². The van der Waals surface area contributed by atoms with Gasteiger partial charge in [0.2, 0.25) is 0 Å². The molecule has 0 aromatic heterocycles. The molecule has 0 aliphatic rings. The molecule has 2 rings (SSSR count). The van der Waals surface area contributed by atoms with Crippen LogP contribution < -0.4 is 4.74 Å². The van der Waals surface area contributed by atoms with Crippen LogP contribution in [0.5, 0.6) is 5.75 Å². The summed E-state index contributed by atoms with van der Waals surface area (Å²) in [5, 5.41) is 11.4. The molecule has 0 amide bonds. The quantitative estimate of drug-likeness (QED) is 0.926. The summed E-state index contributed by atoms with van der Waals surface area (Å²) < 4.78 is 5.17. The fourth-order valence-corrected chi connectivity index (χ4v) is 2.36. The highest BCUT2D eigenvalue weighted by Crippen LogP contribution is 2.33. The fraction of sp³-hybridized carbons (Fsp3) is 0.267. The number of carboxylic acid groups (broad SMARTS) is 1. The number of benzene rings is 2. The van der Waals surface area contributed by atoms with Crippen molar-refractivity contribution in [1.29, 1.82) is 0 Å². The summed E-state index contributed by atoms with van der Waals surface area (Å²) in [5.74, 6) is -0.542. The predicted molar refractivity (Wildman–Crippen MR) is 76.0 cm³/mol. The van der Waals surface area contributed by atoms with Crippen LogP contribution in [-0.2, 0) is 11.2 Å². The van der Waals surface area contributed by atoms with Gasteiger partial charge in [-0.1, -0.05) is 42.8 Å². The molecule has 0 saturated heterocycles. The molecule has 0 saturated carbocycles. The zero-order chi connectivity index (χ0) is 14.0. The lowest BCUT2D eigenvalue weighted by Gasteiger charge is -2.10. The van der Waals surface area contributed by atoms with Crippen molar-refractivity contribution in [1.82, 2.24) is 0 Å². The lowest BCUT2D eigenvalue weighted by Crippen LogP contribution is -2.12. The van der Waals surface area contributed by atoms with Crippen molar-refractivity contribution in [2.45, 2.75) is 13.3 Å². The van der Waals surface area contributed by atoms with Gasteiger partial charge in [-0.3, -0.25) is 4.79 Å². The predicted octanol–water partition coefficient (Wildman–Crippen LogP) is 3.77. The van der Waals surface area contributed by atoms with E-state index in [0.717, 1.165) is 16.3 Å². The maximum Gasteiger partial charge on any atom is 0.306 e. The summed E-state index contributed by atoms with van der Waals surface area (Å²) in [4.78, 5) is 10.9. The summed E-state index contributed by atoms with van der Waals surface area (Å²) >= 11 is 6.23. The van der Waals surface area contributed by atoms with Crippen LogP contribution in [0.15, 0.2) is 30.3 Å². The smallest absolute Gasteiger partial charge is 0.306 e. The third-order valence-electron chi connectivity index (χ3n) is 3.17. The van der Waals surface area contributed by atoms with Crippen LogP contribution in [0, 0.1) is 5.92 Å². The lowest BCUT2D eigenvalue weighted by molar-refractivity contribution is -0.141. The van der Waals surface area contributed by atoms with Crippen LogP contribution in [0.3, 0.4) is 0 Å². The molecular formula is C15H15ClO3. The van der Waals surface area contributed by atoms with Crippen molar-refractivity contribution in [2.75, 3.05) is 7.11 Å². The van der Waals surface area contributed by atoms with E-state index in [1.165, 1.54) is 0 Å². The minimum atomic E-state index is -0.784. The molecule has 2 aromatic carbocycles. The molecule has 100 valence electrons. The first-order valence-corrected chi connectivity index (χ1v) is 6.38. The van der Waals surface area contributed by atoms with Gasteiger partial charge in [0, 0.05) is 5.39 Å². The minimum Gasteiger partial charge on any atom is -0.495 e. The number of ether oxygens (including phenoxy) is 1. The standard InChI is InChI=1S/C15H15ClO3/c1-9(15(17)18)7-10-3-5-12-11(8-10)4-6-13(19-2)14(12)16/h3-6,8-9H,7H2,1-2H3,(H,17,18). The van der Waals surface area contributed by atoms with Gasteiger partial charge in [-0.05, 0) is 23.4 Å². The molecule has 0 spiro atoms. The maximum absolute atomic E-state index is 10.9. The zero-order valence-corrected chi connectivity index (χ0v) is 11.6. The van der Waals surface area contributed by atoms with Crippen molar-refractivity contribution in [3.05, 3.63) is 40.9 Å². The Morgan fingerprint density at radius 3 is 2.74 bits per heavy atom. The highest BCUT2D eigenvalue weighted by atomic mass is 35.5. The number of aliphatic carboxylic acids is 1. The van der Waals surface area contributed by atoms with Crippen LogP contribution in [0.1, 0.15) is 12.5 Å². The van der Waals surface area contributed by atoms with E-state index in [2.05, 4.69) is 0 Å². The SMILES string of the molecule is COc1ccc2cc(CC(C)C(=O)O)ccc2c1Cl. The van der Waals surface area contributed by atoms with Gasteiger partial charge >= 0.3 is 5.97 Å². The van der Waals surface area contributed by atoms with E-state index in [1.54, 1.807) is 14.0 Å². The zero-order valence-electron chi connectivity index (χ0n) is 10.8. The molecular weight excluding hydrogens is 264 g/mol. The van der Waals surface area contributed by atoms with Crippen LogP contribution in [0.25, 0.3) is 10.8 Å². The van der Waals surface area contributed by atoms with Crippen LogP contribution in [0.2, 0.25) is 5.02 Å². The van der Waals surface area contributed by atoms with E-state index in [4.69, 9.17) is 21.4 Å². The monoisotopic (exact) mass is 278 g/mol. The fourth-order valence-electron chi connectivity index (χ4n) is 2.05. The van der Waals surface area contributed by atoms with Crippen LogP contribution in [-0.4, -0.2) is 18.2 Å². The second-order valence-electron chi connectivity index (χ2n) is 4.58. The normalized spacial score (nSPS) is 12.4. The number of fused-ring (bicyclic) bond motifs is 1. The molecule has 0 bridgehead atoms. The van der Waals surface area contributed by atoms with Gasteiger partial charge in [0.05, 0.1) is 18.1 Å². The van der Waals surface area contributed by atoms with Gasteiger partial charge in [-0.2, -0.15) is 0 Å². The topological polar surface area (TPSA) is 46.5 Å². The molecule has 1 unspecified atom stereocenters. The maximum atomic E-state index is 10.9. The molecule has 0 radical (unpaired) electrons. The van der Waals surface area contributed by atoms with E-state index >= 15 is 0 Å². The van der Waals surface area contributed by atoms with Crippen molar-refractivity contribution >= 4 is 28.3 Å². The average molecular weight is 279 g/mol. The number of carbonyl (C=O) groups is 1. The number of rotatable bonds is 4. The molecule has 2 aromatic rings. The summed E-state index contributed by atoms with van der Waals surface area (Å²) in [7, 11) is 1.58. The third kappa shape index (κ3) is 2.82. The van der Waals surface area contributed by atoms with Gasteiger partial charge < -0.3 is 9.84 Å². The second-order valence-corrected chi connectivity index (χ2v) is 4.96. The number of methoxy groups -OCH3 is 1. The Kier molecular flexibility index (Phi) is 3.96. The largest absolute Gasteiger partial charge is 0.495 e. The summed E-state index contributed by atoms with van der Waals surface area (Å²) in [6.07, 6.45) is 0.509. The van der Waals surface area contributed by atoms with E-state index in [0.29, 0.717) is 17.2 Å². The molecule has 0 aliphatic heterocycles. The first-order chi connectivity index (χ1) is 9.02. The van der Waals surface area contributed by atoms with E-state index < -0.39 is 11.9 Å². The van der Waals surface area contributed by atoms with Gasteiger partial charge in [-0.25, -0.2) is 0 Å². The van der Waals surface area contributed by atoms with Gasteiger partial charge in [0.15, 0.2) is 0 Å². The van der Waals surface area contributed by atoms with Gasteiger partial charge in [0.1, 0.15) is 5.75 Å². The van der Waals surface area contributed by atoms with Crippen molar-refractivity contribution < 1.29 is 14.6 Å². The summed E-state index contributed by atoms with van der Waals surface area (Å²) in [6, 6.07) is 9.53. The van der Waals surface area contributed by atoms with Crippen molar-refractivity contribution in [3.63, 3.8) is 0 Å². The summed E-state index contributed by atoms with van der Waals surface area (Å²) in [6.45, 7) is 1.70. The first-order valence-electron chi connectivity index (χ1n) is 6.01. The van der Waals surface area contributed by atoms with Gasteiger partial charge in [-0.15, -0.1) is 0 Å². The first kappa shape index (κ1) is 13.7. The molecule has 4 heteroatoms. The Hall–Kier alpha value is -1.74. The average Bonchev–Trinajstić information content (AvgIpc) is 2.39. The van der Waals surface area contributed by atoms with Gasteiger partial charge in [0.25, 0.3) is 0 Å². The molecule has 1 N–H and O–H groups in total. The Balaban J connectivity index is 2.39. The minimum absolute atomic E-state index is 0.397. The third-order valence-corrected chi connectivity index (χ3v) is 3.56. The number of halogens is 1. The Labute approximate surface area is 116 Å². The molecule has 19 heavy (non-hydrogen) atoms. The highest BCUT2D eigenvalue weighted by Gasteiger charge is 2.12. The Morgan fingerprint density at radius 2 is 2.11 bits per heavy atom. The highest BCUT2D eigenvalue weighted by molar-refractivity contribution is 6.37. The summed E-state index contributed by atoms with van der Waals surface area (Å²) in [5.41, 5.74) is 0.989. The molecule has 0 aliphatic carbocycles. The molecule has 0 fully saturated rings. The lowest BCUT2D eigenvalue weighted by atomic mass is 9.98. The van der Waals surface area contributed by atoms with Crippen LogP contribution in [0.4, 0.5) is 0 Å². The van der Waals surface area contributed by atoms with Crippen LogP contribution >= 0.6 is 11.6 Å². The second kappa shape index (κ2) is 5.49. The van der Waals surface area contributed by atoms with Crippen molar-refractivity contribution in [3.8, 4) is 5.75 Å². The number of hydrogen-bond donors (Lipinski definition) is 1. The van der Waals surface area contributed by atoms with E-state index in [1.807, 2.05) is 30.3 Å².